The fraction of sp³-hybridized carbons (Fsp3) is 0.200. The zero-order chi connectivity index (χ0) is 24.6. The number of ether oxygens (including phenoxy) is 2. The molecule has 0 fully saturated rings. The molecule has 0 spiro atoms. The summed E-state index contributed by atoms with van der Waals surface area (Å²) in [6.07, 6.45) is -1.15. The van der Waals surface area contributed by atoms with Crippen molar-refractivity contribution in [1.82, 2.24) is 0 Å². The van der Waals surface area contributed by atoms with Gasteiger partial charge in [-0.3, -0.25) is 0 Å². The summed E-state index contributed by atoms with van der Waals surface area (Å²) in [6.45, 7) is 1.51. The average Bonchev–Trinajstić information content (AvgIpc) is 2.80. The Kier molecular flexibility index (Phi) is 6.39. The number of phenols is 4. The fourth-order valence-corrected chi connectivity index (χ4v) is 4.04. The number of phenolic OH excluding ortho intramolecular Hbond substituents is 4. The van der Waals surface area contributed by atoms with Crippen molar-refractivity contribution in [3.8, 4) is 23.0 Å². The molecule has 4 rings (SSSR count). The van der Waals surface area contributed by atoms with Gasteiger partial charge in [-0.25, -0.2) is 9.59 Å². The van der Waals surface area contributed by atoms with Crippen molar-refractivity contribution in [3.63, 3.8) is 0 Å². The molecule has 0 amide bonds. The van der Waals surface area contributed by atoms with E-state index in [0.717, 1.165) is 23.3 Å². The SMILES string of the molecule is Cc1c(O)cc(C(=O)OC2Cc3ccccc3CC2OC(=O)c2cc(O)c(Br)c(O)c2)cc1O. The van der Waals surface area contributed by atoms with Crippen molar-refractivity contribution in [3.05, 3.63) is 80.8 Å². The summed E-state index contributed by atoms with van der Waals surface area (Å²) in [7, 11) is 0. The Morgan fingerprint density at radius 2 is 1.15 bits per heavy atom. The van der Waals surface area contributed by atoms with Crippen LogP contribution in [0.2, 0.25) is 0 Å². The minimum Gasteiger partial charge on any atom is -0.508 e. The maximum absolute atomic E-state index is 12.8. The van der Waals surface area contributed by atoms with Crippen molar-refractivity contribution < 1.29 is 39.5 Å². The highest BCUT2D eigenvalue weighted by atomic mass is 79.9. The molecule has 0 saturated carbocycles. The van der Waals surface area contributed by atoms with E-state index in [2.05, 4.69) is 15.9 Å². The van der Waals surface area contributed by atoms with Crippen LogP contribution in [0, 0.1) is 6.92 Å². The molecule has 3 aromatic rings. The normalized spacial score (nSPS) is 17.0. The van der Waals surface area contributed by atoms with Crippen LogP contribution in [0.15, 0.2) is 53.0 Å². The minimum atomic E-state index is -0.855. The second-order valence-electron chi connectivity index (χ2n) is 8.03. The topological polar surface area (TPSA) is 134 Å². The van der Waals surface area contributed by atoms with Crippen LogP contribution in [0.1, 0.15) is 37.4 Å². The Labute approximate surface area is 203 Å². The van der Waals surface area contributed by atoms with Crippen molar-refractivity contribution >= 4 is 27.9 Å². The monoisotopic (exact) mass is 528 g/mol. The fourth-order valence-electron chi connectivity index (χ4n) is 3.81. The van der Waals surface area contributed by atoms with E-state index in [1.54, 1.807) is 0 Å². The van der Waals surface area contributed by atoms with Gasteiger partial charge in [-0.1, -0.05) is 24.3 Å². The predicted octanol–water partition coefficient (Wildman–Crippen LogP) is 4.13. The van der Waals surface area contributed by atoms with Gasteiger partial charge in [0, 0.05) is 18.4 Å². The van der Waals surface area contributed by atoms with Crippen LogP contribution in [0.4, 0.5) is 0 Å². The number of hydrogen-bond donors (Lipinski definition) is 4. The van der Waals surface area contributed by atoms with Crippen LogP contribution in [0.3, 0.4) is 0 Å². The molecule has 0 heterocycles. The third-order valence-electron chi connectivity index (χ3n) is 5.75. The molecule has 0 aromatic heterocycles. The zero-order valence-corrected chi connectivity index (χ0v) is 19.6. The van der Waals surface area contributed by atoms with Crippen LogP contribution in [-0.2, 0) is 22.3 Å². The van der Waals surface area contributed by atoms with Gasteiger partial charge >= 0.3 is 11.9 Å². The van der Waals surface area contributed by atoms with Crippen LogP contribution in [-0.4, -0.2) is 44.6 Å². The van der Waals surface area contributed by atoms with Gasteiger partial charge in [-0.05, 0) is 58.2 Å². The molecular formula is C25H21BrO8. The van der Waals surface area contributed by atoms with Gasteiger partial charge in [0.2, 0.25) is 0 Å². The summed E-state index contributed by atoms with van der Waals surface area (Å²) >= 11 is 3.01. The number of halogens is 1. The van der Waals surface area contributed by atoms with Gasteiger partial charge in [0.1, 0.15) is 39.7 Å². The average molecular weight is 529 g/mol. The number of aromatic hydroxyl groups is 4. The molecular weight excluding hydrogens is 508 g/mol. The first-order chi connectivity index (χ1) is 16.1. The molecule has 9 heteroatoms. The van der Waals surface area contributed by atoms with Crippen molar-refractivity contribution in [2.24, 2.45) is 0 Å². The number of carbonyl (C=O) groups excluding carboxylic acids is 2. The van der Waals surface area contributed by atoms with Crippen LogP contribution in [0.25, 0.3) is 0 Å². The maximum Gasteiger partial charge on any atom is 0.338 e. The molecule has 176 valence electrons. The molecule has 0 bridgehead atoms. The summed E-state index contributed by atoms with van der Waals surface area (Å²) in [5, 5.41) is 39.7. The van der Waals surface area contributed by atoms with E-state index in [-0.39, 0.29) is 57.0 Å². The molecule has 1 aliphatic rings. The zero-order valence-electron chi connectivity index (χ0n) is 18.0. The van der Waals surface area contributed by atoms with Crippen LogP contribution < -0.4 is 0 Å². The first kappa shape index (κ1) is 23.4. The third kappa shape index (κ3) is 4.65. The smallest absolute Gasteiger partial charge is 0.338 e. The molecule has 0 saturated heterocycles. The summed E-state index contributed by atoms with van der Waals surface area (Å²) < 4.78 is 11.4. The van der Waals surface area contributed by atoms with Crippen molar-refractivity contribution in [2.45, 2.75) is 32.0 Å². The molecule has 2 atom stereocenters. The van der Waals surface area contributed by atoms with E-state index in [9.17, 15) is 30.0 Å². The maximum atomic E-state index is 12.8. The van der Waals surface area contributed by atoms with Gasteiger partial charge in [0.15, 0.2) is 0 Å². The lowest BCUT2D eigenvalue weighted by atomic mass is 9.87. The number of hydrogen-bond acceptors (Lipinski definition) is 8. The highest BCUT2D eigenvalue weighted by molar-refractivity contribution is 9.10. The minimum absolute atomic E-state index is 0.0482. The Morgan fingerprint density at radius 1 is 0.765 bits per heavy atom. The van der Waals surface area contributed by atoms with Gasteiger partial charge < -0.3 is 29.9 Å². The van der Waals surface area contributed by atoms with Crippen LogP contribution in [0.5, 0.6) is 23.0 Å². The lowest BCUT2D eigenvalue weighted by Gasteiger charge is -2.32. The largest absolute Gasteiger partial charge is 0.508 e. The quantitative estimate of drug-likeness (QED) is 0.371. The van der Waals surface area contributed by atoms with Gasteiger partial charge in [0.25, 0.3) is 0 Å². The molecule has 0 aliphatic heterocycles. The predicted molar refractivity (Wildman–Crippen MR) is 124 cm³/mol. The first-order valence-corrected chi connectivity index (χ1v) is 11.2. The summed E-state index contributed by atoms with van der Waals surface area (Å²) in [5.74, 6) is -2.77. The molecule has 0 radical (unpaired) electrons. The molecule has 1 aliphatic carbocycles. The Bertz CT molecular complexity index is 1140. The van der Waals surface area contributed by atoms with E-state index < -0.39 is 24.1 Å². The van der Waals surface area contributed by atoms with Crippen molar-refractivity contribution in [2.75, 3.05) is 0 Å². The molecule has 3 aromatic carbocycles. The summed E-state index contributed by atoms with van der Waals surface area (Å²) in [4.78, 5) is 25.6. The number of rotatable bonds is 4. The molecule has 8 nitrogen and oxygen atoms in total. The van der Waals surface area contributed by atoms with Gasteiger partial charge in [-0.2, -0.15) is 0 Å². The van der Waals surface area contributed by atoms with E-state index in [0.29, 0.717) is 0 Å². The Balaban J connectivity index is 1.60. The van der Waals surface area contributed by atoms with Gasteiger partial charge in [0.05, 0.1) is 11.1 Å². The van der Waals surface area contributed by atoms with Crippen LogP contribution >= 0.6 is 15.9 Å². The molecule has 4 N–H and O–H groups in total. The number of carbonyl (C=O) groups is 2. The summed E-state index contributed by atoms with van der Waals surface area (Å²) in [5.41, 5.74) is 1.97. The Morgan fingerprint density at radius 3 is 1.56 bits per heavy atom. The third-order valence-corrected chi connectivity index (χ3v) is 6.56. The number of esters is 2. The standard InChI is InChI=1S/C25H21BrO8/c1-12-17(27)6-15(7-18(12)28)24(31)33-21-10-13-4-2-3-5-14(13)11-22(21)34-25(32)16-8-19(29)23(26)20(30)9-16/h2-9,21-22,27-30H,10-11H2,1H3. The van der Waals surface area contributed by atoms with E-state index in [1.807, 2.05) is 24.3 Å². The van der Waals surface area contributed by atoms with Gasteiger partial charge in [-0.15, -0.1) is 0 Å². The second-order valence-corrected chi connectivity index (χ2v) is 8.83. The van der Waals surface area contributed by atoms with E-state index >= 15 is 0 Å². The summed E-state index contributed by atoms with van der Waals surface area (Å²) in [6, 6.07) is 12.2. The highest BCUT2D eigenvalue weighted by Gasteiger charge is 2.35. The second kappa shape index (κ2) is 9.26. The highest BCUT2D eigenvalue weighted by Crippen LogP contribution is 2.35. The lowest BCUT2D eigenvalue weighted by Crippen LogP contribution is -2.41. The van der Waals surface area contributed by atoms with Crippen molar-refractivity contribution in [1.29, 1.82) is 0 Å². The Hall–Kier alpha value is -3.72. The lowest BCUT2D eigenvalue weighted by molar-refractivity contribution is -0.0389. The molecule has 2 unspecified atom stereocenters. The van der Waals surface area contributed by atoms with E-state index in [1.165, 1.54) is 19.1 Å². The number of benzene rings is 3. The van der Waals surface area contributed by atoms with E-state index in [4.69, 9.17) is 9.47 Å². The first-order valence-electron chi connectivity index (χ1n) is 10.4. The molecule has 34 heavy (non-hydrogen) atoms. The number of fused-ring (bicyclic) bond motifs is 1.